The number of rotatable bonds is 2. The average molecular weight is 306 g/mol. The Morgan fingerprint density at radius 2 is 1.74 bits per heavy atom. The number of pyridine rings is 1. The maximum Gasteiger partial charge on any atom is 0.130 e. The second-order valence-electron chi connectivity index (χ2n) is 6.22. The van der Waals surface area contributed by atoms with Crippen molar-refractivity contribution in [3.05, 3.63) is 55.0 Å². The smallest absolute Gasteiger partial charge is 0.130 e. The quantitative estimate of drug-likeness (QED) is 0.832. The van der Waals surface area contributed by atoms with Crippen LogP contribution in [0.5, 0.6) is 0 Å². The van der Waals surface area contributed by atoms with Gasteiger partial charge in [0.2, 0.25) is 0 Å². The highest BCUT2D eigenvalue weighted by molar-refractivity contribution is 5.88. The molecular weight excluding hydrogens is 284 g/mol. The fourth-order valence-electron chi connectivity index (χ4n) is 3.50. The van der Waals surface area contributed by atoms with Crippen molar-refractivity contribution in [3.8, 4) is 0 Å². The maximum absolute atomic E-state index is 4.59. The normalized spacial score (nSPS) is 17.6. The fourth-order valence-corrected chi connectivity index (χ4v) is 3.50. The minimum absolute atomic E-state index is 0.974. The highest BCUT2D eigenvalue weighted by Crippen LogP contribution is 2.44. The highest BCUT2D eigenvalue weighted by Gasteiger charge is 2.28. The van der Waals surface area contributed by atoms with Gasteiger partial charge in [0.05, 0.1) is 17.1 Å². The van der Waals surface area contributed by atoms with E-state index in [0.717, 1.165) is 30.4 Å². The summed E-state index contributed by atoms with van der Waals surface area (Å²) in [5.74, 6) is 2.05. The molecule has 0 aliphatic carbocycles. The van der Waals surface area contributed by atoms with E-state index < -0.39 is 0 Å². The van der Waals surface area contributed by atoms with Crippen molar-refractivity contribution in [2.45, 2.75) is 19.3 Å². The Morgan fingerprint density at radius 1 is 1.00 bits per heavy atom. The molecule has 23 heavy (non-hydrogen) atoms. The number of aromatic nitrogens is 1. The van der Waals surface area contributed by atoms with Gasteiger partial charge in [-0.2, -0.15) is 0 Å². The summed E-state index contributed by atoms with van der Waals surface area (Å²) >= 11 is 0. The van der Waals surface area contributed by atoms with Gasteiger partial charge in [0.15, 0.2) is 0 Å². The summed E-state index contributed by atoms with van der Waals surface area (Å²) in [5.41, 5.74) is 3.49. The van der Waals surface area contributed by atoms with E-state index in [4.69, 9.17) is 0 Å². The number of fused-ring (bicyclic) bond motifs is 1. The van der Waals surface area contributed by atoms with Crippen LogP contribution in [0.1, 0.15) is 19.3 Å². The molecule has 1 aromatic carbocycles. The molecule has 2 aliphatic rings. The van der Waals surface area contributed by atoms with Gasteiger partial charge < -0.3 is 9.80 Å². The number of piperidine rings is 1. The number of para-hydroxylation sites is 2. The van der Waals surface area contributed by atoms with Crippen molar-refractivity contribution in [1.29, 1.82) is 0 Å². The van der Waals surface area contributed by atoms with Crippen LogP contribution in [0.15, 0.2) is 55.0 Å². The third-order valence-corrected chi connectivity index (χ3v) is 4.80. The Hall–Kier alpha value is -2.49. The van der Waals surface area contributed by atoms with Gasteiger partial charge in [-0.3, -0.25) is 4.90 Å². The van der Waals surface area contributed by atoms with Crippen molar-refractivity contribution < 1.29 is 0 Å². The predicted molar refractivity (Wildman–Crippen MR) is 96.4 cm³/mol. The molecule has 0 radical (unpaired) electrons. The summed E-state index contributed by atoms with van der Waals surface area (Å²) in [6, 6.07) is 12.7. The first-order chi connectivity index (χ1) is 11.3. The van der Waals surface area contributed by atoms with Crippen LogP contribution in [0, 0.1) is 0 Å². The largest absolute Gasteiger partial charge is 0.357 e. The number of hydrogen-bond acceptors (Lipinski definition) is 4. The monoisotopic (exact) mass is 306 g/mol. The molecule has 1 fully saturated rings. The van der Waals surface area contributed by atoms with E-state index in [2.05, 4.69) is 69.7 Å². The van der Waals surface area contributed by atoms with Gasteiger partial charge >= 0.3 is 0 Å². The molecule has 118 valence electrons. The summed E-state index contributed by atoms with van der Waals surface area (Å²) in [5, 5.41) is 0. The Kier molecular flexibility index (Phi) is 3.45. The molecule has 0 saturated carbocycles. The molecule has 4 nitrogen and oxygen atoms in total. The van der Waals surface area contributed by atoms with Crippen LogP contribution >= 0.6 is 0 Å². The Balaban J connectivity index is 1.72. The SMILES string of the molecule is C=C1N(C)c2ccccc2N1c1ccnc(N2CCCCC2)c1. The van der Waals surface area contributed by atoms with Crippen LogP contribution in [0.4, 0.5) is 22.9 Å². The summed E-state index contributed by atoms with van der Waals surface area (Å²) in [7, 11) is 2.06. The lowest BCUT2D eigenvalue weighted by atomic mass is 10.1. The topological polar surface area (TPSA) is 22.6 Å². The van der Waals surface area contributed by atoms with Gasteiger partial charge in [-0.05, 0) is 37.5 Å². The maximum atomic E-state index is 4.59. The predicted octanol–water partition coefficient (Wildman–Crippen LogP) is 4.13. The van der Waals surface area contributed by atoms with Gasteiger partial charge in [-0.1, -0.05) is 18.7 Å². The molecule has 2 aromatic rings. The first-order valence-corrected chi connectivity index (χ1v) is 8.28. The summed E-state index contributed by atoms with van der Waals surface area (Å²) in [6.45, 7) is 6.48. The van der Waals surface area contributed by atoms with Crippen molar-refractivity contribution in [2.75, 3.05) is 34.8 Å². The third-order valence-electron chi connectivity index (χ3n) is 4.80. The molecule has 4 rings (SSSR count). The third kappa shape index (κ3) is 2.34. The van der Waals surface area contributed by atoms with Crippen molar-refractivity contribution in [3.63, 3.8) is 0 Å². The molecule has 1 saturated heterocycles. The molecule has 2 aliphatic heterocycles. The summed E-state index contributed by atoms with van der Waals surface area (Å²) < 4.78 is 0. The average Bonchev–Trinajstić information content (AvgIpc) is 2.87. The Labute approximate surface area is 137 Å². The van der Waals surface area contributed by atoms with Crippen LogP contribution < -0.4 is 14.7 Å². The van der Waals surface area contributed by atoms with Gasteiger partial charge in [0, 0.05) is 32.4 Å². The Bertz CT molecular complexity index is 734. The lowest BCUT2D eigenvalue weighted by molar-refractivity contribution is 0.573. The summed E-state index contributed by atoms with van der Waals surface area (Å²) in [6.07, 6.45) is 5.76. The molecule has 0 bridgehead atoms. The van der Waals surface area contributed by atoms with Crippen LogP contribution in [0.25, 0.3) is 0 Å². The van der Waals surface area contributed by atoms with Crippen LogP contribution in [0.2, 0.25) is 0 Å². The highest BCUT2D eigenvalue weighted by atomic mass is 15.4. The summed E-state index contributed by atoms with van der Waals surface area (Å²) in [4.78, 5) is 11.3. The lowest BCUT2D eigenvalue weighted by Gasteiger charge is -2.29. The number of anilines is 4. The molecule has 0 unspecified atom stereocenters. The van der Waals surface area contributed by atoms with E-state index in [1.54, 1.807) is 0 Å². The van der Waals surface area contributed by atoms with Gasteiger partial charge in [0.25, 0.3) is 0 Å². The standard InChI is InChI=1S/C19H22N4/c1-15-21(2)17-8-4-5-9-18(17)23(15)16-10-11-20-19(14-16)22-12-6-3-7-13-22/h4-5,8-11,14H,1,3,6-7,12-13H2,2H3. The molecule has 0 amide bonds. The van der Waals surface area contributed by atoms with E-state index in [1.807, 2.05) is 6.20 Å². The Morgan fingerprint density at radius 3 is 2.52 bits per heavy atom. The number of hydrogen-bond donors (Lipinski definition) is 0. The minimum atomic E-state index is 0.974. The second-order valence-corrected chi connectivity index (χ2v) is 6.22. The number of benzene rings is 1. The zero-order chi connectivity index (χ0) is 15.8. The first kappa shape index (κ1) is 14.1. The van der Waals surface area contributed by atoms with Gasteiger partial charge in [-0.15, -0.1) is 0 Å². The van der Waals surface area contributed by atoms with E-state index in [0.29, 0.717) is 0 Å². The molecule has 0 N–H and O–H groups in total. The molecule has 3 heterocycles. The van der Waals surface area contributed by atoms with E-state index >= 15 is 0 Å². The number of nitrogens with zero attached hydrogens (tertiary/aromatic N) is 4. The lowest BCUT2D eigenvalue weighted by Crippen LogP contribution is -2.30. The second kappa shape index (κ2) is 5.61. The molecule has 1 aromatic heterocycles. The van der Waals surface area contributed by atoms with E-state index in [9.17, 15) is 0 Å². The van der Waals surface area contributed by atoms with Gasteiger partial charge in [0.1, 0.15) is 11.6 Å². The van der Waals surface area contributed by atoms with Crippen molar-refractivity contribution >= 4 is 22.9 Å². The molecule has 0 spiro atoms. The van der Waals surface area contributed by atoms with Crippen molar-refractivity contribution in [2.24, 2.45) is 0 Å². The molecule has 4 heteroatoms. The van der Waals surface area contributed by atoms with Crippen molar-refractivity contribution in [1.82, 2.24) is 4.98 Å². The van der Waals surface area contributed by atoms with E-state index in [-0.39, 0.29) is 0 Å². The van der Waals surface area contributed by atoms with Crippen LogP contribution in [-0.2, 0) is 0 Å². The minimum Gasteiger partial charge on any atom is -0.357 e. The first-order valence-electron chi connectivity index (χ1n) is 8.28. The molecule has 0 atom stereocenters. The van der Waals surface area contributed by atoms with Crippen LogP contribution in [0.3, 0.4) is 0 Å². The van der Waals surface area contributed by atoms with Gasteiger partial charge in [-0.25, -0.2) is 4.98 Å². The molecular formula is C19H22N4. The zero-order valence-electron chi connectivity index (χ0n) is 13.6. The zero-order valence-corrected chi connectivity index (χ0v) is 13.6. The van der Waals surface area contributed by atoms with E-state index in [1.165, 1.54) is 30.6 Å². The fraction of sp³-hybridized carbons (Fsp3) is 0.316. The van der Waals surface area contributed by atoms with Crippen LogP contribution in [-0.4, -0.2) is 25.1 Å².